The molecule has 1 aromatic rings. The van der Waals surface area contributed by atoms with Crippen LogP contribution in [0.25, 0.3) is 0 Å². The maximum absolute atomic E-state index is 10.3. The molecule has 0 spiro atoms. The van der Waals surface area contributed by atoms with Crippen LogP contribution in [0.1, 0.15) is 25.8 Å². The van der Waals surface area contributed by atoms with Gasteiger partial charge in [-0.25, -0.2) is 0 Å². The molecule has 150 valence electrons. The predicted octanol–water partition coefficient (Wildman–Crippen LogP) is 2.58. The van der Waals surface area contributed by atoms with Crippen LogP contribution in [0.3, 0.4) is 0 Å². The summed E-state index contributed by atoms with van der Waals surface area (Å²) in [6.07, 6.45) is 0.357. The molecule has 1 aromatic carbocycles. The van der Waals surface area contributed by atoms with Crippen molar-refractivity contribution in [3.8, 4) is 11.5 Å². The molecule has 0 aliphatic carbocycles. The summed E-state index contributed by atoms with van der Waals surface area (Å²) in [5.74, 6) is 1.90. The number of ether oxygens (including phenoxy) is 4. The first-order chi connectivity index (χ1) is 12.5. The minimum Gasteiger partial charge on any atom is -0.493 e. The van der Waals surface area contributed by atoms with Crippen LogP contribution in [-0.2, 0) is 16.0 Å². The minimum absolute atomic E-state index is 0.341. The van der Waals surface area contributed by atoms with Gasteiger partial charge in [-0.05, 0) is 18.4 Å². The highest BCUT2D eigenvalue weighted by atomic mass is 16.5. The molecule has 1 rings (SSSR count). The lowest BCUT2D eigenvalue weighted by Crippen LogP contribution is -2.36. The van der Waals surface area contributed by atoms with E-state index in [2.05, 4.69) is 18.7 Å². The van der Waals surface area contributed by atoms with Gasteiger partial charge < -0.3 is 24.1 Å². The average molecular weight is 370 g/mol. The number of aliphatic hydroxyl groups excluding tert-OH is 1. The monoisotopic (exact) mass is 369 g/mol. The molecule has 0 radical (unpaired) electrons. The molecule has 0 fully saturated rings. The number of methoxy groups -OCH3 is 3. The largest absolute Gasteiger partial charge is 0.493 e. The number of benzene rings is 1. The maximum Gasteiger partial charge on any atom is 0.165 e. The van der Waals surface area contributed by atoms with Gasteiger partial charge in [-0.3, -0.25) is 4.90 Å². The van der Waals surface area contributed by atoms with E-state index in [1.807, 2.05) is 18.2 Å². The molecule has 1 N–H and O–H groups in total. The Kier molecular flexibility index (Phi) is 11.3. The summed E-state index contributed by atoms with van der Waals surface area (Å²) in [5, 5.41) is 10.3. The highest BCUT2D eigenvalue weighted by Gasteiger charge is 2.16. The fraction of sp³-hybridized carbons (Fsp3) is 0.700. The molecule has 1 unspecified atom stereocenters. The van der Waals surface area contributed by atoms with E-state index in [4.69, 9.17) is 18.9 Å². The Balaban J connectivity index is 2.73. The Morgan fingerprint density at radius 2 is 1.85 bits per heavy atom. The third-order valence-corrected chi connectivity index (χ3v) is 3.93. The van der Waals surface area contributed by atoms with Gasteiger partial charge >= 0.3 is 0 Å². The summed E-state index contributed by atoms with van der Waals surface area (Å²) >= 11 is 0. The van der Waals surface area contributed by atoms with Crippen LogP contribution in [-0.4, -0.2) is 70.3 Å². The van der Waals surface area contributed by atoms with Gasteiger partial charge in [0.2, 0.25) is 0 Å². The zero-order valence-corrected chi connectivity index (χ0v) is 16.9. The zero-order valence-electron chi connectivity index (χ0n) is 16.9. The second-order valence-electron chi connectivity index (χ2n) is 6.82. The lowest BCUT2D eigenvalue weighted by atomic mass is 10.1. The highest BCUT2D eigenvalue weighted by molar-refractivity contribution is 5.46. The van der Waals surface area contributed by atoms with Crippen molar-refractivity contribution in [2.24, 2.45) is 5.92 Å². The molecule has 0 aromatic heterocycles. The van der Waals surface area contributed by atoms with Crippen molar-refractivity contribution in [1.29, 1.82) is 0 Å². The molecular formula is C20H35NO5. The van der Waals surface area contributed by atoms with Crippen molar-refractivity contribution in [3.63, 3.8) is 0 Å². The van der Waals surface area contributed by atoms with E-state index < -0.39 is 6.10 Å². The number of rotatable bonds is 14. The van der Waals surface area contributed by atoms with Crippen molar-refractivity contribution >= 4 is 0 Å². The Bertz CT molecular complexity index is 495. The lowest BCUT2D eigenvalue weighted by Gasteiger charge is -2.26. The number of para-hydroxylation sites is 1. The second-order valence-corrected chi connectivity index (χ2v) is 6.82. The summed E-state index contributed by atoms with van der Waals surface area (Å²) < 4.78 is 21.6. The summed E-state index contributed by atoms with van der Waals surface area (Å²) in [7, 11) is 4.98. The van der Waals surface area contributed by atoms with E-state index in [-0.39, 0.29) is 0 Å². The first-order valence-corrected chi connectivity index (χ1v) is 9.18. The summed E-state index contributed by atoms with van der Waals surface area (Å²) in [6.45, 7) is 7.88. The molecule has 0 saturated carbocycles. The molecule has 26 heavy (non-hydrogen) atoms. The van der Waals surface area contributed by atoms with Gasteiger partial charge in [0.05, 0.1) is 26.9 Å². The molecule has 6 heteroatoms. The molecule has 0 amide bonds. The SMILES string of the molecule is COCCCN(Cc1cccc(OC)c1OC)CC(O)COCC(C)C. The van der Waals surface area contributed by atoms with E-state index in [0.29, 0.717) is 44.6 Å². The van der Waals surface area contributed by atoms with Crippen molar-refractivity contribution in [3.05, 3.63) is 23.8 Å². The van der Waals surface area contributed by atoms with Crippen molar-refractivity contribution in [2.75, 3.05) is 54.2 Å². The van der Waals surface area contributed by atoms with Crippen molar-refractivity contribution in [1.82, 2.24) is 4.90 Å². The number of aliphatic hydroxyl groups is 1. The van der Waals surface area contributed by atoms with Gasteiger partial charge in [0, 0.05) is 45.5 Å². The Hall–Kier alpha value is -1.34. The number of hydrogen-bond donors (Lipinski definition) is 1. The number of hydrogen-bond acceptors (Lipinski definition) is 6. The standard InChI is InChI=1S/C20H35NO5/c1-16(2)14-26-15-18(22)13-21(10-7-11-23-3)12-17-8-6-9-19(24-4)20(17)25-5/h6,8-9,16,18,22H,7,10-15H2,1-5H3. The van der Waals surface area contributed by atoms with Gasteiger partial charge in [-0.2, -0.15) is 0 Å². The molecule has 0 bridgehead atoms. The summed E-state index contributed by atoms with van der Waals surface area (Å²) in [6, 6.07) is 5.85. The van der Waals surface area contributed by atoms with E-state index >= 15 is 0 Å². The first-order valence-electron chi connectivity index (χ1n) is 9.18. The van der Waals surface area contributed by atoms with Gasteiger partial charge in [0.1, 0.15) is 0 Å². The Morgan fingerprint density at radius 3 is 2.46 bits per heavy atom. The van der Waals surface area contributed by atoms with E-state index in [1.165, 1.54) is 0 Å². The van der Waals surface area contributed by atoms with Crippen LogP contribution in [0.4, 0.5) is 0 Å². The third-order valence-electron chi connectivity index (χ3n) is 3.93. The van der Waals surface area contributed by atoms with Crippen LogP contribution in [0.5, 0.6) is 11.5 Å². The normalized spacial score (nSPS) is 12.6. The van der Waals surface area contributed by atoms with Crippen LogP contribution >= 0.6 is 0 Å². The third kappa shape index (κ3) is 8.36. The van der Waals surface area contributed by atoms with Crippen molar-refractivity contribution < 1.29 is 24.1 Å². The first kappa shape index (κ1) is 22.7. The molecule has 1 atom stereocenters. The van der Waals surface area contributed by atoms with E-state index in [9.17, 15) is 5.11 Å². The van der Waals surface area contributed by atoms with Crippen LogP contribution in [0, 0.1) is 5.92 Å². The van der Waals surface area contributed by atoms with Crippen LogP contribution in [0.2, 0.25) is 0 Å². The number of nitrogens with zero attached hydrogens (tertiary/aromatic N) is 1. The Morgan fingerprint density at radius 1 is 1.08 bits per heavy atom. The van der Waals surface area contributed by atoms with Gasteiger partial charge in [0.25, 0.3) is 0 Å². The fourth-order valence-electron chi connectivity index (χ4n) is 2.78. The second kappa shape index (κ2) is 12.9. The quantitative estimate of drug-likeness (QED) is 0.509. The van der Waals surface area contributed by atoms with Gasteiger partial charge in [0.15, 0.2) is 11.5 Å². The van der Waals surface area contributed by atoms with Gasteiger partial charge in [-0.15, -0.1) is 0 Å². The molecule has 0 heterocycles. The fourth-order valence-corrected chi connectivity index (χ4v) is 2.78. The molecule has 6 nitrogen and oxygen atoms in total. The maximum atomic E-state index is 10.3. The summed E-state index contributed by atoms with van der Waals surface area (Å²) in [5.41, 5.74) is 1.03. The highest BCUT2D eigenvalue weighted by Crippen LogP contribution is 2.31. The van der Waals surface area contributed by atoms with E-state index in [0.717, 1.165) is 24.3 Å². The average Bonchev–Trinajstić information content (AvgIpc) is 2.61. The molecule has 0 aliphatic rings. The topological polar surface area (TPSA) is 60.4 Å². The summed E-state index contributed by atoms with van der Waals surface area (Å²) in [4.78, 5) is 2.19. The smallest absolute Gasteiger partial charge is 0.165 e. The van der Waals surface area contributed by atoms with Crippen LogP contribution in [0.15, 0.2) is 18.2 Å². The lowest BCUT2D eigenvalue weighted by molar-refractivity contribution is 0.00570. The predicted molar refractivity (Wildman–Crippen MR) is 103 cm³/mol. The Labute approximate surface area is 158 Å². The van der Waals surface area contributed by atoms with Gasteiger partial charge in [-0.1, -0.05) is 26.0 Å². The minimum atomic E-state index is -0.534. The molecular weight excluding hydrogens is 334 g/mol. The van der Waals surface area contributed by atoms with E-state index in [1.54, 1.807) is 21.3 Å². The molecule has 0 aliphatic heterocycles. The van der Waals surface area contributed by atoms with Crippen LogP contribution < -0.4 is 9.47 Å². The zero-order chi connectivity index (χ0) is 19.4. The molecule has 0 saturated heterocycles. The van der Waals surface area contributed by atoms with Crippen molar-refractivity contribution in [2.45, 2.75) is 32.9 Å².